The van der Waals surface area contributed by atoms with Crippen molar-refractivity contribution < 1.29 is 0 Å². The van der Waals surface area contributed by atoms with E-state index in [-0.39, 0.29) is 0 Å². The molecule has 0 aliphatic carbocycles. The van der Waals surface area contributed by atoms with Gasteiger partial charge >= 0.3 is 0 Å². The van der Waals surface area contributed by atoms with Gasteiger partial charge in [0.25, 0.3) is 0 Å². The molecule has 0 saturated heterocycles. The monoisotopic (exact) mass is 180 g/mol. The van der Waals surface area contributed by atoms with Crippen LogP contribution in [0.2, 0.25) is 0 Å². The minimum atomic E-state index is 0.533. The molecule has 0 saturated carbocycles. The van der Waals surface area contributed by atoms with Crippen molar-refractivity contribution in [2.45, 2.75) is 26.3 Å². The van der Waals surface area contributed by atoms with Crippen LogP contribution in [0.3, 0.4) is 0 Å². The van der Waals surface area contributed by atoms with Crippen molar-refractivity contribution in [3.05, 3.63) is 24.4 Å². The van der Waals surface area contributed by atoms with Crippen molar-refractivity contribution >= 4 is 0 Å². The van der Waals surface area contributed by atoms with Gasteiger partial charge in [0.2, 0.25) is 0 Å². The summed E-state index contributed by atoms with van der Waals surface area (Å²) in [6, 6.07) is 0.533. The number of hydrogen-bond donors (Lipinski definition) is 1. The lowest BCUT2D eigenvalue weighted by molar-refractivity contribution is 0.292. The summed E-state index contributed by atoms with van der Waals surface area (Å²) in [5.74, 6) is 0. The van der Waals surface area contributed by atoms with Crippen LogP contribution in [-0.2, 0) is 0 Å². The predicted molar refractivity (Wildman–Crippen MR) is 57.6 cm³/mol. The van der Waals surface area contributed by atoms with Crippen molar-refractivity contribution in [1.29, 1.82) is 0 Å². The maximum absolute atomic E-state index is 3.33. The van der Waals surface area contributed by atoms with Gasteiger partial charge in [0.1, 0.15) is 0 Å². The number of dihydropyridines is 1. The number of nitrogens with one attached hydrogen (secondary N) is 1. The molecule has 1 rings (SSSR count). The molecule has 0 bridgehead atoms. The summed E-state index contributed by atoms with van der Waals surface area (Å²) in [4.78, 5) is 2.45. The minimum Gasteiger partial charge on any atom is -0.385 e. The van der Waals surface area contributed by atoms with Gasteiger partial charge in [-0.3, -0.25) is 0 Å². The number of allylic oxidation sites excluding steroid dienone is 2. The third kappa shape index (κ3) is 3.64. The highest BCUT2D eigenvalue weighted by molar-refractivity contribution is 5.11. The van der Waals surface area contributed by atoms with Crippen LogP contribution in [-0.4, -0.2) is 30.6 Å². The molecule has 0 fully saturated rings. The highest BCUT2D eigenvalue weighted by atomic mass is 15.1. The molecule has 1 atom stereocenters. The van der Waals surface area contributed by atoms with Crippen LogP contribution in [0.1, 0.15) is 20.3 Å². The van der Waals surface area contributed by atoms with E-state index < -0.39 is 0 Å². The van der Waals surface area contributed by atoms with Gasteiger partial charge in [0.15, 0.2) is 0 Å². The van der Waals surface area contributed by atoms with Gasteiger partial charge < -0.3 is 10.2 Å². The first-order valence-corrected chi connectivity index (χ1v) is 5.18. The lowest BCUT2D eigenvalue weighted by Crippen LogP contribution is -2.31. The van der Waals surface area contributed by atoms with E-state index in [4.69, 9.17) is 0 Å². The largest absolute Gasteiger partial charge is 0.385 e. The Labute approximate surface area is 81.3 Å². The maximum Gasteiger partial charge on any atom is 0.0454 e. The molecule has 1 heterocycles. The Morgan fingerprint density at radius 1 is 1.23 bits per heavy atom. The normalized spacial score (nSPS) is 20.7. The summed E-state index contributed by atoms with van der Waals surface area (Å²) in [6.45, 7) is 7.93. The summed E-state index contributed by atoms with van der Waals surface area (Å²) in [7, 11) is 0. The van der Waals surface area contributed by atoms with E-state index in [1.165, 1.54) is 13.0 Å². The van der Waals surface area contributed by atoms with E-state index in [1.807, 2.05) is 12.3 Å². The zero-order valence-corrected chi connectivity index (χ0v) is 8.66. The second kappa shape index (κ2) is 5.81. The summed E-state index contributed by atoms with van der Waals surface area (Å²) in [5, 5.41) is 3.33. The summed E-state index contributed by atoms with van der Waals surface area (Å²) in [6.07, 6.45) is 9.59. The molecule has 2 nitrogen and oxygen atoms in total. The number of rotatable bonds is 5. The molecule has 0 radical (unpaired) electrons. The Kier molecular flexibility index (Phi) is 4.61. The van der Waals surface area contributed by atoms with Crippen LogP contribution in [0, 0.1) is 0 Å². The van der Waals surface area contributed by atoms with Crippen LogP contribution in [0.4, 0.5) is 0 Å². The minimum absolute atomic E-state index is 0.533. The molecule has 1 aliphatic heterocycles. The third-order valence-electron chi connectivity index (χ3n) is 2.51. The zero-order valence-electron chi connectivity index (χ0n) is 8.66. The first-order valence-electron chi connectivity index (χ1n) is 5.18. The van der Waals surface area contributed by atoms with E-state index in [2.05, 4.69) is 36.2 Å². The fourth-order valence-electron chi connectivity index (χ4n) is 1.53. The Morgan fingerprint density at radius 3 is 2.54 bits per heavy atom. The number of nitrogens with zero attached hydrogens (tertiary/aromatic N) is 1. The quantitative estimate of drug-likeness (QED) is 0.693. The lowest BCUT2D eigenvalue weighted by atomic mass is 10.1. The second-order valence-electron chi connectivity index (χ2n) is 3.33. The lowest BCUT2D eigenvalue weighted by Gasteiger charge is -2.22. The SMILES string of the molecule is CCN(CC)CCC1C=CC=CN1. The van der Waals surface area contributed by atoms with E-state index in [0.717, 1.165) is 13.1 Å². The molecular weight excluding hydrogens is 160 g/mol. The summed E-state index contributed by atoms with van der Waals surface area (Å²) in [5.41, 5.74) is 0. The molecule has 1 N–H and O–H groups in total. The Hall–Kier alpha value is -0.760. The van der Waals surface area contributed by atoms with Crippen LogP contribution >= 0.6 is 0 Å². The summed E-state index contributed by atoms with van der Waals surface area (Å²) < 4.78 is 0. The van der Waals surface area contributed by atoms with Crippen LogP contribution in [0.15, 0.2) is 24.4 Å². The van der Waals surface area contributed by atoms with Gasteiger partial charge in [-0.05, 0) is 31.8 Å². The molecule has 0 amide bonds. The molecule has 74 valence electrons. The van der Waals surface area contributed by atoms with Crippen LogP contribution in [0.25, 0.3) is 0 Å². The van der Waals surface area contributed by atoms with Gasteiger partial charge in [-0.2, -0.15) is 0 Å². The standard InChI is InChI=1S/C11H20N2/c1-3-13(4-2)10-8-11-7-5-6-9-12-11/h5-7,9,11-12H,3-4,8,10H2,1-2H3. The molecule has 13 heavy (non-hydrogen) atoms. The van der Waals surface area contributed by atoms with Gasteiger partial charge in [0, 0.05) is 12.6 Å². The highest BCUT2D eigenvalue weighted by Crippen LogP contribution is 2.01. The molecule has 0 aromatic heterocycles. The van der Waals surface area contributed by atoms with Crippen molar-refractivity contribution in [1.82, 2.24) is 10.2 Å². The first kappa shape index (κ1) is 10.3. The van der Waals surface area contributed by atoms with E-state index >= 15 is 0 Å². The second-order valence-corrected chi connectivity index (χ2v) is 3.33. The maximum atomic E-state index is 3.33. The van der Waals surface area contributed by atoms with Crippen molar-refractivity contribution in [3.8, 4) is 0 Å². The molecule has 0 aromatic carbocycles. The Bertz CT molecular complexity index is 181. The molecule has 0 spiro atoms. The van der Waals surface area contributed by atoms with Crippen molar-refractivity contribution in [2.24, 2.45) is 0 Å². The fraction of sp³-hybridized carbons (Fsp3) is 0.636. The van der Waals surface area contributed by atoms with Crippen molar-refractivity contribution in [3.63, 3.8) is 0 Å². The van der Waals surface area contributed by atoms with Gasteiger partial charge in [-0.25, -0.2) is 0 Å². The Morgan fingerprint density at radius 2 is 2.00 bits per heavy atom. The molecule has 0 aromatic rings. The highest BCUT2D eigenvalue weighted by Gasteiger charge is 2.05. The molecular formula is C11H20N2. The van der Waals surface area contributed by atoms with Crippen LogP contribution in [0.5, 0.6) is 0 Å². The third-order valence-corrected chi connectivity index (χ3v) is 2.51. The Balaban J connectivity index is 2.18. The zero-order chi connectivity index (χ0) is 9.52. The van der Waals surface area contributed by atoms with Crippen molar-refractivity contribution in [2.75, 3.05) is 19.6 Å². The summed E-state index contributed by atoms with van der Waals surface area (Å²) >= 11 is 0. The van der Waals surface area contributed by atoms with E-state index in [0.29, 0.717) is 6.04 Å². The first-order chi connectivity index (χ1) is 6.36. The molecule has 1 aliphatic rings. The number of hydrogen-bond acceptors (Lipinski definition) is 2. The van der Waals surface area contributed by atoms with Gasteiger partial charge in [-0.1, -0.05) is 26.0 Å². The molecule has 2 heteroatoms. The van der Waals surface area contributed by atoms with E-state index in [9.17, 15) is 0 Å². The van der Waals surface area contributed by atoms with Crippen LogP contribution < -0.4 is 5.32 Å². The predicted octanol–water partition coefficient (Wildman–Crippen LogP) is 1.76. The topological polar surface area (TPSA) is 15.3 Å². The average Bonchev–Trinajstić information content (AvgIpc) is 2.21. The van der Waals surface area contributed by atoms with Gasteiger partial charge in [-0.15, -0.1) is 0 Å². The average molecular weight is 180 g/mol. The molecule has 1 unspecified atom stereocenters. The van der Waals surface area contributed by atoms with E-state index in [1.54, 1.807) is 0 Å². The smallest absolute Gasteiger partial charge is 0.0454 e. The fourth-order valence-corrected chi connectivity index (χ4v) is 1.53. The van der Waals surface area contributed by atoms with Gasteiger partial charge in [0.05, 0.1) is 0 Å².